The van der Waals surface area contributed by atoms with Gasteiger partial charge in [0.05, 0.1) is 12.5 Å². The molecule has 16 heavy (non-hydrogen) atoms. The maximum absolute atomic E-state index is 8.37. The molecule has 1 aromatic carbocycles. The van der Waals surface area contributed by atoms with E-state index in [1.165, 1.54) is 0 Å². The minimum Gasteiger partial charge on any atom is -0.494 e. The van der Waals surface area contributed by atoms with E-state index in [0.29, 0.717) is 0 Å². The Bertz CT molecular complexity index is 425. The fourth-order valence-electron chi connectivity index (χ4n) is 1.18. The molecule has 0 N–H and O–H groups in total. The van der Waals surface area contributed by atoms with Crippen LogP contribution in [0.1, 0.15) is 6.42 Å². The average molecular weight is 196 g/mol. The molecular formula is C9H4B5NO. The second-order valence-electron chi connectivity index (χ2n) is 3.15. The SMILES string of the molecule is [B]c1c([B])c([B])c(OCCC#N)c([B])c1[B]. The summed E-state index contributed by atoms with van der Waals surface area (Å²) in [6, 6.07) is 1.92. The number of rotatable bonds is 3. The first-order valence-electron chi connectivity index (χ1n) is 4.51. The third kappa shape index (κ3) is 2.32. The maximum Gasteiger partial charge on any atom is 0.118 e. The molecule has 0 bridgehead atoms. The molecular weight excluding hydrogens is 192 g/mol. The molecule has 0 unspecified atom stereocenters. The Morgan fingerprint density at radius 1 is 0.875 bits per heavy atom. The van der Waals surface area contributed by atoms with Crippen LogP contribution >= 0.6 is 0 Å². The number of hydrogen-bond donors (Lipinski definition) is 0. The Labute approximate surface area is 102 Å². The van der Waals surface area contributed by atoms with Crippen LogP contribution in [0.4, 0.5) is 0 Å². The fraction of sp³-hybridized carbons (Fsp3) is 0.222. The van der Waals surface area contributed by atoms with Crippen LogP contribution in [0.2, 0.25) is 0 Å². The van der Waals surface area contributed by atoms with Crippen LogP contribution in [-0.4, -0.2) is 45.8 Å². The van der Waals surface area contributed by atoms with Crippen LogP contribution in [0.15, 0.2) is 0 Å². The van der Waals surface area contributed by atoms with Crippen molar-refractivity contribution in [1.29, 1.82) is 5.26 Å². The summed E-state index contributed by atoms with van der Waals surface area (Å²) in [4.78, 5) is 0. The highest BCUT2D eigenvalue weighted by Crippen LogP contribution is 1.97. The number of nitriles is 1. The van der Waals surface area contributed by atoms with Crippen LogP contribution in [0.5, 0.6) is 5.75 Å². The van der Waals surface area contributed by atoms with Gasteiger partial charge in [0.1, 0.15) is 51.6 Å². The summed E-state index contributed by atoms with van der Waals surface area (Å²) in [5, 5.41) is 8.37. The number of benzene rings is 1. The second kappa shape index (κ2) is 5.25. The minimum atomic E-state index is 0.138. The Morgan fingerprint density at radius 2 is 1.31 bits per heavy atom. The van der Waals surface area contributed by atoms with Crippen molar-refractivity contribution in [2.24, 2.45) is 0 Å². The van der Waals surface area contributed by atoms with E-state index in [-0.39, 0.29) is 46.1 Å². The molecule has 0 saturated heterocycles. The van der Waals surface area contributed by atoms with Gasteiger partial charge in [-0.15, -0.1) is 16.4 Å². The lowest BCUT2D eigenvalue weighted by atomic mass is 9.62. The Morgan fingerprint density at radius 3 is 1.75 bits per heavy atom. The number of hydrogen-bond acceptors (Lipinski definition) is 2. The highest BCUT2D eigenvalue weighted by atomic mass is 16.5. The van der Waals surface area contributed by atoms with Gasteiger partial charge < -0.3 is 4.74 Å². The van der Waals surface area contributed by atoms with E-state index in [0.717, 1.165) is 0 Å². The summed E-state index contributed by atoms with van der Waals surface area (Å²) in [6.45, 7) is 0.160. The summed E-state index contributed by atoms with van der Waals surface area (Å²) in [5.41, 5.74) is 0.698. The maximum atomic E-state index is 8.37. The lowest BCUT2D eigenvalue weighted by Gasteiger charge is -2.20. The van der Waals surface area contributed by atoms with E-state index in [4.69, 9.17) is 49.2 Å². The van der Waals surface area contributed by atoms with E-state index in [2.05, 4.69) is 0 Å². The van der Waals surface area contributed by atoms with E-state index in [1.54, 1.807) is 0 Å². The van der Waals surface area contributed by atoms with Crippen molar-refractivity contribution in [3.8, 4) is 11.8 Å². The van der Waals surface area contributed by atoms with Gasteiger partial charge in [-0.1, -0.05) is 10.9 Å². The molecule has 0 aliphatic rings. The number of nitrogens with zero attached hydrogens (tertiary/aromatic N) is 1. The normalized spacial score (nSPS) is 9.69. The standard InChI is InChI=1S/C9H4B5NO/c10-4-5(11)7(13)9(8(14)6(4)12)16-3-1-2-15/h1,3H2. The van der Waals surface area contributed by atoms with Crippen LogP contribution in [0.3, 0.4) is 0 Å². The van der Waals surface area contributed by atoms with Crippen LogP contribution in [0.25, 0.3) is 0 Å². The Balaban J connectivity index is 3.14. The number of ether oxygens (including phenoxy) is 1. The van der Waals surface area contributed by atoms with Gasteiger partial charge in [-0.2, -0.15) is 5.26 Å². The van der Waals surface area contributed by atoms with Gasteiger partial charge in [0.2, 0.25) is 0 Å². The van der Waals surface area contributed by atoms with E-state index >= 15 is 0 Å². The molecule has 0 aliphatic heterocycles. The quantitative estimate of drug-likeness (QED) is 0.364. The molecule has 0 spiro atoms. The largest absolute Gasteiger partial charge is 0.494 e. The minimum absolute atomic E-state index is 0.138. The predicted molar refractivity (Wildman–Crippen MR) is 69.1 cm³/mol. The Kier molecular flexibility index (Phi) is 4.23. The first-order valence-corrected chi connectivity index (χ1v) is 4.51. The second-order valence-corrected chi connectivity index (χ2v) is 3.15. The van der Waals surface area contributed by atoms with Crippen molar-refractivity contribution in [3.05, 3.63) is 0 Å². The summed E-state index contributed by atoms with van der Waals surface area (Å²) in [5.74, 6) is 0.180. The van der Waals surface area contributed by atoms with E-state index in [9.17, 15) is 0 Å². The molecule has 7 heteroatoms. The molecule has 66 valence electrons. The average Bonchev–Trinajstić information content (AvgIpc) is 2.28. The molecule has 0 atom stereocenters. The molecule has 1 rings (SSSR count). The van der Waals surface area contributed by atoms with Crippen molar-refractivity contribution in [1.82, 2.24) is 0 Å². The zero-order chi connectivity index (χ0) is 12.3. The third-order valence-corrected chi connectivity index (χ3v) is 2.11. The van der Waals surface area contributed by atoms with Gasteiger partial charge in [-0.05, 0) is 0 Å². The molecule has 0 fully saturated rings. The van der Waals surface area contributed by atoms with Gasteiger partial charge in [0.25, 0.3) is 0 Å². The van der Waals surface area contributed by atoms with Crippen molar-refractivity contribution in [2.45, 2.75) is 6.42 Å². The lowest BCUT2D eigenvalue weighted by molar-refractivity contribution is 0.332. The Hall–Kier alpha value is -1.17. The van der Waals surface area contributed by atoms with Crippen molar-refractivity contribution in [3.63, 3.8) is 0 Å². The van der Waals surface area contributed by atoms with E-state index in [1.807, 2.05) is 6.07 Å². The smallest absolute Gasteiger partial charge is 0.118 e. The van der Waals surface area contributed by atoms with Gasteiger partial charge >= 0.3 is 0 Å². The highest BCUT2D eigenvalue weighted by molar-refractivity contribution is 6.67. The molecule has 0 amide bonds. The summed E-state index contributed by atoms with van der Waals surface area (Å²) in [7, 11) is 28.2. The van der Waals surface area contributed by atoms with Crippen molar-refractivity contribution < 1.29 is 4.74 Å². The molecule has 10 radical (unpaired) electrons. The third-order valence-electron chi connectivity index (χ3n) is 2.11. The molecule has 0 aliphatic carbocycles. The lowest BCUT2D eigenvalue weighted by Crippen LogP contribution is -2.54. The van der Waals surface area contributed by atoms with Gasteiger partial charge in [-0.25, -0.2) is 0 Å². The van der Waals surface area contributed by atoms with E-state index < -0.39 is 0 Å². The van der Waals surface area contributed by atoms with Crippen LogP contribution < -0.4 is 32.1 Å². The first-order chi connectivity index (χ1) is 7.50. The van der Waals surface area contributed by atoms with Crippen molar-refractivity contribution in [2.75, 3.05) is 6.61 Å². The first kappa shape index (κ1) is 12.9. The topological polar surface area (TPSA) is 33.0 Å². The van der Waals surface area contributed by atoms with Crippen LogP contribution in [0, 0.1) is 11.3 Å². The molecule has 1 aromatic rings. The summed E-state index contributed by atoms with van der Waals surface area (Å²) < 4.78 is 5.24. The highest BCUT2D eigenvalue weighted by Gasteiger charge is 2.10. The van der Waals surface area contributed by atoms with Gasteiger partial charge in [0.15, 0.2) is 0 Å². The monoisotopic (exact) mass is 197 g/mol. The molecule has 2 nitrogen and oxygen atoms in total. The fourth-order valence-corrected chi connectivity index (χ4v) is 1.18. The van der Waals surface area contributed by atoms with Crippen molar-refractivity contribution >= 4 is 66.5 Å². The van der Waals surface area contributed by atoms with Gasteiger partial charge in [0, 0.05) is 0 Å². The predicted octanol–water partition coefficient (Wildman–Crippen LogP) is -4.05. The van der Waals surface area contributed by atoms with Gasteiger partial charge in [-0.3, -0.25) is 0 Å². The van der Waals surface area contributed by atoms with Crippen LogP contribution in [-0.2, 0) is 0 Å². The zero-order valence-corrected chi connectivity index (χ0v) is 8.66. The molecule has 0 saturated carbocycles. The molecule has 0 heterocycles. The zero-order valence-electron chi connectivity index (χ0n) is 8.66. The molecule has 0 aromatic heterocycles. The summed E-state index contributed by atoms with van der Waals surface area (Å²) in [6.07, 6.45) is 0.211. The summed E-state index contributed by atoms with van der Waals surface area (Å²) >= 11 is 0.